The van der Waals surface area contributed by atoms with Crippen LogP contribution in [0.4, 0.5) is 0 Å². The Morgan fingerprint density at radius 2 is 2.26 bits per heavy atom. The average molecular weight is 312 g/mol. The molecule has 1 aliphatic heterocycles. The molecule has 6 nitrogen and oxygen atoms in total. The van der Waals surface area contributed by atoms with E-state index in [0.29, 0.717) is 31.2 Å². The first-order valence-corrected chi connectivity index (χ1v) is 7.76. The van der Waals surface area contributed by atoms with Gasteiger partial charge < -0.3 is 9.64 Å². The number of rotatable bonds is 4. The zero-order chi connectivity index (χ0) is 16.2. The van der Waals surface area contributed by atoms with Gasteiger partial charge in [-0.15, -0.1) is 0 Å². The van der Waals surface area contributed by atoms with Gasteiger partial charge in [-0.1, -0.05) is 6.07 Å². The van der Waals surface area contributed by atoms with E-state index in [1.54, 1.807) is 12.4 Å². The minimum atomic E-state index is -0.0125. The second-order valence-corrected chi connectivity index (χ2v) is 5.80. The van der Waals surface area contributed by atoms with Gasteiger partial charge in [0.1, 0.15) is 11.9 Å². The van der Waals surface area contributed by atoms with Gasteiger partial charge in [0.05, 0.1) is 13.0 Å². The van der Waals surface area contributed by atoms with Crippen molar-refractivity contribution in [3.05, 3.63) is 47.7 Å². The second kappa shape index (κ2) is 6.73. The Morgan fingerprint density at radius 3 is 3.00 bits per heavy atom. The Labute approximate surface area is 135 Å². The number of carbonyl (C=O) groups is 1. The molecule has 0 saturated carbocycles. The third-order valence-electron chi connectivity index (χ3n) is 3.81. The number of hydrogen-bond acceptors (Lipinski definition) is 5. The lowest BCUT2D eigenvalue weighted by atomic mass is 10.2. The molecule has 0 N–H and O–H groups in total. The molecule has 0 aliphatic carbocycles. The van der Waals surface area contributed by atoms with Crippen LogP contribution in [0.1, 0.15) is 23.5 Å². The van der Waals surface area contributed by atoms with E-state index in [0.717, 1.165) is 17.7 Å². The first-order valence-electron chi connectivity index (χ1n) is 7.76. The summed E-state index contributed by atoms with van der Waals surface area (Å²) in [6.45, 7) is 5.08. The van der Waals surface area contributed by atoms with Crippen LogP contribution in [0, 0.1) is 13.8 Å². The SMILES string of the molecule is Cc1cc(OC2CCN(C(=O)Cc3cccnc3)C2)nc(C)n1. The lowest BCUT2D eigenvalue weighted by Gasteiger charge is -2.17. The first-order chi connectivity index (χ1) is 11.1. The summed E-state index contributed by atoms with van der Waals surface area (Å²) >= 11 is 0. The van der Waals surface area contributed by atoms with Crippen molar-refractivity contribution in [2.75, 3.05) is 13.1 Å². The van der Waals surface area contributed by atoms with Crippen molar-refractivity contribution in [2.24, 2.45) is 0 Å². The molecule has 23 heavy (non-hydrogen) atoms. The highest BCUT2D eigenvalue weighted by Crippen LogP contribution is 2.18. The molecule has 2 aromatic rings. The maximum atomic E-state index is 12.3. The summed E-state index contributed by atoms with van der Waals surface area (Å²) in [4.78, 5) is 26.8. The predicted molar refractivity (Wildman–Crippen MR) is 85.1 cm³/mol. The predicted octanol–water partition coefficient (Wildman–Crippen LogP) is 1.71. The number of carbonyl (C=O) groups excluding carboxylic acids is 1. The molecule has 1 unspecified atom stereocenters. The molecule has 1 atom stereocenters. The van der Waals surface area contributed by atoms with E-state index in [1.807, 2.05) is 36.9 Å². The fourth-order valence-electron chi connectivity index (χ4n) is 2.75. The summed E-state index contributed by atoms with van der Waals surface area (Å²) in [7, 11) is 0. The third kappa shape index (κ3) is 4.03. The maximum absolute atomic E-state index is 12.3. The van der Waals surface area contributed by atoms with Crippen molar-refractivity contribution in [1.29, 1.82) is 0 Å². The van der Waals surface area contributed by atoms with Gasteiger partial charge in [0.15, 0.2) is 0 Å². The summed E-state index contributed by atoms with van der Waals surface area (Å²) in [5.74, 6) is 1.39. The number of ether oxygens (including phenoxy) is 1. The van der Waals surface area contributed by atoms with Crippen molar-refractivity contribution >= 4 is 5.91 Å². The van der Waals surface area contributed by atoms with E-state index in [1.165, 1.54) is 0 Å². The summed E-state index contributed by atoms with van der Waals surface area (Å²) < 4.78 is 5.91. The molecule has 6 heteroatoms. The first kappa shape index (κ1) is 15.4. The van der Waals surface area contributed by atoms with Crippen LogP contribution in [0.25, 0.3) is 0 Å². The Hall–Kier alpha value is -2.50. The zero-order valence-corrected chi connectivity index (χ0v) is 13.4. The fraction of sp³-hybridized carbons (Fsp3) is 0.412. The minimum Gasteiger partial charge on any atom is -0.472 e. The largest absolute Gasteiger partial charge is 0.472 e. The van der Waals surface area contributed by atoms with Gasteiger partial charge in [-0.25, -0.2) is 4.98 Å². The molecule has 120 valence electrons. The Balaban J connectivity index is 1.56. The molecule has 0 spiro atoms. The van der Waals surface area contributed by atoms with Crippen molar-refractivity contribution in [1.82, 2.24) is 19.9 Å². The highest BCUT2D eigenvalue weighted by atomic mass is 16.5. The third-order valence-corrected chi connectivity index (χ3v) is 3.81. The molecule has 2 aromatic heterocycles. The fourth-order valence-corrected chi connectivity index (χ4v) is 2.75. The topological polar surface area (TPSA) is 68.2 Å². The van der Waals surface area contributed by atoms with Crippen molar-refractivity contribution in [2.45, 2.75) is 32.8 Å². The van der Waals surface area contributed by atoms with Gasteiger partial charge in [0.25, 0.3) is 0 Å². The Bertz CT molecular complexity index is 670. The Morgan fingerprint density at radius 1 is 1.39 bits per heavy atom. The van der Waals surface area contributed by atoms with Crippen LogP contribution in [0.2, 0.25) is 0 Å². The van der Waals surface area contributed by atoms with E-state index in [4.69, 9.17) is 4.74 Å². The summed E-state index contributed by atoms with van der Waals surface area (Å²) in [5.41, 5.74) is 1.82. The zero-order valence-electron chi connectivity index (χ0n) is 13.4. The Kier molecular flexibility index (Phi) is 4.50. The summed E-state index contributed by atoms with van der Waals surface area (Å²) in [5, 5.41) is 0. The van der Waals surface area contributed by atoms with Gasteiger partial charge in [0, 0.05) is 37.1 Å². The molecule has 0 radical (unpaired) electrons. The molecular formula is C17H20N4O2. The van der Waals surface area contributed by atoms with E-state index in [9.17, 15) is 4.79 Å². The number of hydrogen-bond donors (Lipinski definition) is 0. The van der Waals surface area contributed by atoms with E-state index >= 15 is 0 Å². The molecule has 1 fully saturated rings. The molecule has 1 aliphatic rings. The van der Waals surface area contributed by atoms with E-state index < -0.39 is 0 Å². The van der Waals surface area contributed by atoms with Crippen molar-refractivity contribution in [3.63, 3.8) is 0 Å². The van der Waals surface area contributed by atoms with Gasteiger partial charge in [-0.2, -0.15) is 4.98 Å². The number of aromatic nitrogens is 3. The monoisotopic (exact) mass is 312 g/mol. The minimum absolute atomic E-state index is 0.0125. The average Bonchev–Trinajstić information content (AvgIpc) is 2.96. The maximum Gasteiger partial charge on any atom is 0.227 e. The number of pyridine rings is 1. The standard InChI is InChI=1S/C17H20N4O2/c1-12-8-16(20-13(2)19-12)23-15-5-7-21(11-15)17(22)9-14-4-3-6-18-10-14/h3-4,6,8,10,15H,5,7,9,11H2,1-2H3. The molecule has 1 amide bonds. The lowest BCUT2D eigenvalue weighted by molar-refractivity contribution is -0.129. The molecule has 0 bridgehead atoms. The van der Waals surface area contributed by atoms with E-state index in [2.05, 4.69) is 15.0 Å². The van der Waals surface area contributed by atoms with Gasteiger partial charge in [-0.05, 0) is 25.5 Å². The molecule has 3 rings (SSSR count). The van der Waals surface area contributed by atoms with Gasteiger partial charge in [-0.3, -0.25) is 9.78 Å². The number of amides is 1. The van der Waals surface area contributed by atoms with Crippen LogP contribution >= 0.6 is 0 Å². The highest BCUT2D eigenvalue weighted by molar-refractivity contribution is 5.79. The quantitative estimate of drug-likeness (QED) is 0.860. The summed E-state index contributed by atoms with van der Waals surface area (Å²) in [6.07, 6.45) is 4.63. The molecule has 0 aromatic carbocycles. The molecular weight excluding hydrogens is 292 g/mol. The molecule has 1 saturated heterocycles. The van der Waals surface area contributed by atoms with Crippen LogP contribution in [0.3, 0.4) is 0 Å². The van der Waals surface area contributed by atoms with Crippen LogP contribution in [-0.2, 0) is 11.2 Å². The number of nitrogens with zero attached hydrogens (tertiary/aromatic N) is 4. The number of aryl methyl sites for hydroxylation is 2. The second-order valence-electron chi connectivity index (χ2n) is 5.80. The van der Waals surface area contributed by atoms with Crippen molar-refractivity contribution in [3.8, 4) is 5.88 Å². The van der Waals surface area contributed by atoms with Crippen molar-refractivity contribution < 1.29 is 9.53 Å². The lowest BCUT2D eigenvalue weighted by Crippen LogP contribution is -2.32. The highest BCUT2D eigenvalue weighted by Gasteiger charge is 2.28. The smallest absolute Gasteiger partial charge is 0.227 e. The van der Waals surface area contributed by atoms with Gasteiger partial charge >= 0.3 is 0 Å². The van der Waals surface area contributed by atoms with Crippen LogP contribution in [-0.4, -0.2) is 45.0 Å². The van der Waals surface area contributed by atoms with E-state index in [-0.39, 0.29) is 12.0 Å². The van der Waals surface area contributed by atoms with Gasteiger partial charge in [0.2, 0.25) is 11.8 Å². The summed E-state index contributed by atoms with van der Waals surface area (Å²) in [6, 6.07) is 5.59. The van der Waals surface area contributed by atoms with Crippen LogP contribution in [0.15, 0.2) is 30.6 Å². The van der Waals surface area contributed by atoms with Crippen LogP contribution < -0.4 is 4.74 Å². The number of likely N-dealkylation sites (tertiary alicyclic amines) is 1. The normalized spacial score (nSPS) is 17.3. The van der Waals surface area contributed by atoms with Crippen LogP contribution in [0.5, 0.6) is 5.88 Å². The molecule has 3 heterocycles.